The summed E-state index contributed by atoms with van der Waals surface area (Å²) in [6.45, 7) is 1.48. The van der Waals surface area contributed by atoms with Crippen LogP contribution in [0.15, 0.2) is 59.6 Å². The molecule has 0 radical (unpaired) electrons. The van der Waals surface area contributed by atoms with Gasteiger partial charge < -0.3 is 15.8 Å². The Hall–Kier alpha value is -2.01. The molecule has 4 N–H and O–H groups in total. The number of hydrogen-bond donors (Lipinski definition) is 3. The van der Waals surface area contributed by atoms with Crippen molar-refractivity contribution >= 4 is 45.6 Å². The monoisotopic (exact) mass is 504 g/mol. The number of guanidine groups is 1. The van der Waals surface area contributed by atoms with Crippen LogP contribution in [0.1, 0.15) is 5.56 Å². The number of nitrogens with zero attached hydrogens (tertiary/aromatic N) is 1. The van der Waals surface area contributed by atoms with Crippen LogP contribution in [0.3, 0.4) is 0 Å². The molecule has 0 spiro atoms. The molecule has 0 aliphatic carbocycles. The average Bonchev–Trinajstić information content (AvgIpc) is 2.58. The lowest BCUT2D eigenvalue weighted by molar-refractivity contribution is 0.322. The maximum Gasteiger partial charge on any atom is 0.229 e. The van der Waals surface area contributed by atoms with Gasteiger partial charge in [-0.05, 0) is 24.1 Å². The highest BCUT2D eigenvalue weighted by Gasteiger charge is 2.03. The Morgan fingerprint density at radius 1 is 1.15 bits per heavy atom. The molecule has 2 aromatic rings. The fraction of sp³-hybridized carbons (Fsp3) is 0.278. The van der Waals surface area contributed by atoms with Gasteiger partial charge in [0.1, 0.15) is 12.4 Å². The van der Waals surface area contributed by atoms with E-state index >= 15 is 0 Å². The number of sulfonamides is 1. The van der Waals surface area contributed by atoms with Crippen molar-refractivity contribution in [1.29, 1.82) is 0 Å². The summed E-state index contributed by atoms with van der Waals surface area (Å²) in [6, 6.07) is 16.8. The molecule has 0 aliphatic rings. The smallest absolute Gasteiger partial charge is 0.229 e. The van der Waals surface area contributed by atoms with E-state index in [2.05, 4.69) is 27.2 Å². The number of nitrogens with one attached hydrogen (secondary N) is 2. The number of anilines is 1. The van der Waals surface area contributed by atoms with Crippen LogP contribution in [0, 0.1) is 0 Å². The van der Waals surface area contributed by atoms with Crippen LogP contribution in [0.25, 0.3) is 0 Å². The molecule has 0 fully saturated rings. The van der Waals surface area contributed by atoms with E-state index in [1.165, 1.54) is 5.56 Å². The molecular formula is C18H25IN4O3S. The van der Waals surface area contributed by atoms with Gasteiger partial charge >= 0.3 is 0 Å². The molecule has 0 bridgehead atoms. The molecule has 0 aliphatic heterocycles. The van der Waals surface area contributed by atoms with Crippen LogP contribution in [0.2, 0.25) is 0 Å². The minimum Gasteiger partial charge on any atom is -0.492 e. The van der Waals surface area contributed by atoms with Crippen molar-refractivity contribution < 1.29 is 13.2 Å². The predicted octanol–water partition coefficient (Wildman–Crippen LogP) is 2.20. The first-order valence-corrected chi connectivity index (χ1v) is 10.1. The molecule has 0 saturated carbocycles. The second-order valence-electron chi connectivity index (χ2n) is 5.68. The lowest BCUT2D eigenvalue weighted by Gasteiger charge is -2.10. The summed E-state index contributed by atoms with van der Waals surface area (Å²) in [5, 5.41) is 2.98. The Morgan fingerprint density at radius 3 is 2.59 bits per heavy atom. The van der Waals surface area contributed by atoms with Crippen LogP contribution in [0.5, 0.6) is 5.75 Å². The molecule has 0 unspecified atom stereocenters. The summed E-state index contributed by atoms with van der Waals surface area (Å²) in [5.74, 6) is 0.942. The summed E-state index contributed by atoms with van der Waals surface area (Å²) in [7, 11) is -3.31. The number of halogens is 1. The number of nitrogens with two attached hydrogens (primary N) is 1. The summed E-state index contributed by atoms with van der Waals surface area (Å²) in [4.78, 5) is 4.27. The van der Waals surface area contributed by atoms with Crippen molar-refractivity contribution in [3.63, 3.8) is 0 Å². The van der Waals surface area contributed by atoms with Gasteiger partial charge in [-0.1, -0.05) is 36.4 Å². The summed E-state index contributed by atoms with van der Waals surface area (Å²) in [6.07, 6.45) is 1.93. The lowest BCUT2D eigenvalue weighted by Crippen LogP contribution is -2.35. The van der Waals surface area contributed by atoms with Crippen LogP contribution >= 0.6 is 24.0 Å². The molecule has 0 atom stereocenters. The van der Waals surface area contributed by atoms with Gasteiger partial charge in [-0.15, -0.1) is 24.0 Å². The highest BCUT2D eigenvalue weighted by molar-refractivity contribution is 14.0. The van der Waals surface area contributed by atoms with Gasteiger partial charge in [-0.3, -0.25) is 9.71 Å². The highest BCUT2D eigenvalue weighted by atomic mass is 127. The molecule has 7 nitrogen and oxygen atoms in total. The molecule has 148 valence electrons. The Balaban J connectivity index is 0.00000364. The number of ether oxygens (including phenoxy) is 1. The Bertz CT molecular complexity index is 830. The van der Waals surface area contributed by atoms with Crippen molar-refractivity contribution in [2.24, 2.45) is 10.7 Å². The van der Waals surface area contributed by atoms with Gasteiger partial charge in [0.25, 0.3) is 0 Å². The minimum absolute atomic E-state index is 0. The molecule has 0 saturated heterocycles. The van der Waals surface area contributed by atoms with Gasteiger partial charge in [0.05, 0.1) is 18.5 Å². The number of aliphatic imine (C=N–C) groups is 1. The molecule has 2 aromatic carbocycles. The average molecular weight is 504 g/mol. The maximum atomic E-state index is 11.2. The van der Waals surface area contributed by atoms with Crippen LogP contribution < -0.4 is 20.5 Å². The molecule has 0 amide bonds. The quantitative estimate of drug-likeness (QED) is 0.210. The minimum atomic E-state index is -3.31. The van der Waals surface area contributed by atoms with Crippen molar-refractivity contribution in [1.82, 2.24) is 5.32 Å². The first-order valence-electron chi connectivity index (χ1n) is 8.21. The topological polar surface area (TPSA) is 106 Å². The third-order valence-corrected chi connectivity index (χ3v) is 3.95. The summed E-state index contributed by atoms with van der Waals surface area (Å²) < 4.78 is 30.5. The second kappa shape index (κ2) is 11.7. The molecule has 0 aromatic heterocycles. The first kappa shape index (κ1) is 23.0. The molecule has 27 heavy (non-hydrogen) atoms. The third-order valence-electron chi connectivity index (χ3n) is 3.34. The van der Waals surface area contributed by atoms with E-state index in [9.17, 15) is 8.42 Å². The van der Waals surface area contributed by atoms with Gasteiger partial charge in [-0.25, -0.2) is 8.42 Å². The molecule has 2 rings (SSSR count). The van der Waals surface area contributed by atoms with E-state index in [0.29, 0.717) is 37.1 Å². The van der Waals surface area contributed by atoms with Crippen LogP contribution in [-0.2, 0) is 16.4 Å². The van der Waals surface area contributed by atoms with E-state index in [0.717, 1.165) is 12.7 Å². The predicted molar refractivity (Wildman–Crippen MR) is 120 cm³/mol. The number of hydrogen-bond acceptors (Lipinski definition) is 4. The molecular weight excluding hydrogens is 479 g/mol. The number of benzene rings is 2. The van der Waals surface area contributed by atoms with E-state index < -0.39 is 10.0 Å². The van der Waals surface area contributed by atoms with Gasteiger partial charge in [0, 0.05) is 12.6 Å². The first-order chi connectivity index (χ1) is 12.4. The lowest BCUT2D eigenvalue weighted by atomic mass is 10.2. The molecule has 0 heterocycles. The van der Waals surface area contributed by atoms with Gasteiger partial charge in [-0.2, -0.15) is 0 Å². The standard InChI is InChI=1S/C18H24N4O3S.HI/c1-26(23,24)22-16-8-5-9-17(14-16)25-13-12-21-18(19)20-11-10-15-6-3-2-4-7-15;/h2-9,14,22H,10-13H2,1H3,(H3,19,20,21);1H. The zero-order valence-electron chi connectivity index (χ0n) is 15.1. The van der Waals surface area contributed by atoms with Crippen molar-refractivity contribution in [2.75, 3.05) is 30.7 Å². The Labute approximate surface area is 177 Å². The fourth-order valence-electron chi connectivity index (χ4n) is 2.22. The number of rotatable bonds is 9. The normalized spacial score (nSPS) is 11.4. The Kier molecular flexibility index (Phi) is 9.94. The highest BCUT2D eigenvalue weighted by Crippen LogP contribution is 2.17. The van der Waals surface area contributed by atoms with Crippen LogP contribution in [0.4, 0.5) is 5.69 Å². The van der Waals surface area contributed by atoms with Gasteiger partial charge in [0.15, 0.2) is 5.96 Å². The maximum absolute atomic E-state index is 11.2. The fourth-order valence-corrected chi connectivity index (χ4v) is 2.77. The van der Waals surface area contributed by atoms with E-state index in [1.807, 2.05) is 18.2 Å². The summed E-state index contributed by atoms with van der Waals surface area (Å²) >= 11 is 0. The SMILES string of the molecule is CS(=O)(=O)Nc1cccc(OCCNC(N)=NCCc2ccccc2)c1.I. The molecule has 9 heteroatoms. The van der Waals surface area contributed by atoms with E-state index in [1.54, 1.807) is 24.3 Å². The zero-order valence-corrected chi connectivity index (χ0v) is 18.2. The van der Waals surface area contributed by atoms with Crippen molar-refractivity contribution in [2.45, 2.75) is 6.42 Å². The van der Waals surface area contributed by atoms with E-state index in [-0.39, 0.29) is 24.0 Å². The summed E-state index contributed by atoms with van der Waals surface area (Å²) in [5.41, 5.74) is 7.49. The van der Waals surface area contributed by atoms with Crippen LogP contribution in [-0.4, -0.2) is 40.3 Å². The second-order valence-corrected chi connectivity index (χ2v) is 7.43. The van der Waals surface area contributed by atoms with E-state index in [4.69, 9.17) is 10.5 Å². The third kappa shape index (κ3) is 10.0. The largest absolute Gasteiger partial charge is 0.492 e. The van der Waals surface area contributed by atoms with Gasteiger partial charge in [0.2, 0.25) is 10.0 Å². The Morgan fingerprint density at radius 2 is 1.89 bits per heavy atom. The van der Waals surface area contributed by atoms with Crippen molar-refractivity contribution in [3.05, 3.63) is 60.2 Å². The van der Waals surface area contributed by atoms with Crippen molar-refractivity contribution in [3.8, 4) is 5.75 Å². The zero-order chi connectivity index (χ0) is 18.8.